The highest BCUT2D eigenvalue weighted by atomic mass is 32.2. The molecule has 0 aromatic heterocycles. The van der Waals surface area contributed by atoms with Crippen molar-refractivity contribution in [3.05, 3.63) is 53.1 Å². The van der Waals surface area contributed by atoms with Gasteiger partial charge in [0.25, 0.3) is 0 Å². The number of rotatable bonds is 4. The second-order valence-electron chi connectivity index (χ2n) is 4.62. The zero-order valence-corrected chi connectivity index (χ0v) is 13.5. The Balaban J connectivity index is 2.48. The molecule has 0 saturated heterocycles. The van der Waals surface area contributed by atoms with Gasteiger partial charge in [-0.1, -0.05) is 30.0 Å². The fourth-order valence-corrected chi connectivity index (χ4v) is 3.85. The lowest BCUT2D eigenvalue weighted by Gasteiger charge is -2.13. The maximum atomic E-state index is 7.83. The summed E-state index contributed by atoms with van der Waals surface area (Å²) in [5, 5.41) is 7.83. The Kier molecular flexibility index (Phi) is 4.78. The first-order valence-electron chi connectivity index (χ1n) is 6.29. The second-order valence-corrected chi connectivity index (χ2v) is 6.55. The van der Waals surface area contributed by atoms with E-state index in [2.05, 4.69) is 32.0 Å². The van der Waals surface area contributed by atoms with Crippen LogP contribution in [-0.4, -0.2) is 12.1 Å². The van der Waals surface area contributed by atoms with E-state index in [1.165, 1.54) is 16.0 Å². The first kappa shape index (κ1) is 15.0. The van der Waals surface area contributed by atoms with Gasteiger partial charge in [0.1, 0.15) is 5.84 Å². The lowest BCUT2D eigenvalue weighted by Crippen LogP contribution is -2.13. The summed E-state index contributed by atoms with van der Waals surface area (Å²) in [6.07, 6.45) is 2.01. The predicted octanol–water partition coefficient (Wildman–Crippen LogP) is 4.46. The molecule has 4 heteroatoms. The van der Waals surface area contributed by atoms with Crippen LogP contribution in [0.15, 0.2) is 51.1 Å². The fraction of sp³-hybridized carbons (Fsp3) is 0.188. The van der Waals surface area contributed by atoms with Crippen LogP contribution in [0.1, 0.15) is 16.7 Å². The molecule has 0 heterocycles. The van der Waals surface area contributed by atoms with Gasteiger partial charge in [-0.15, -0.1) is 11.8 Å². The van der Waals surface area contributed by atoms with Crippen molar-refractivity contribution in [2.45, 2.75) is 28.5 Å². The largest absolute Gasteiger partial charge is 0.384 e. The van der Waals surface area contributed by atoms with E-state index in [1.807, 2.05) is 24.5 Å². The molecule has 0 spiro atoms. The Morgan fingerprint density at radius 3 is 2.40 bits per heavy atom. The summed E-state index contributed by atoms with van der Waals surface area (Å²) in [6, 6.07) is 12.5. The second kappa shape index (κ2) is 6.37. The summed E-state index contributed by atoms with van der Waals surface area (Å²) < 4.78 is 0. The number of nitrogen functional groups attached to an aromatic ring is 1. The molecular weight excluding hydrogens is 284 g/mol. The molecule has 0 saturated carbocycles. The molecule has 3 N–H and O–H groups in total. The summed E-state index contributed by atoms with van der Waals surface area (Å²) in [7, 11) is 0. The summed E-state index contributed by atoms with van der Waals surface area (Å²) in [5.41, 5.74) is 9.09. The van der Waals surface area contributed by atoms with Gasteiger partial charge in [-0.2, -0.15) is 0 Å². The van der Waals surface area contributed by atoms with Crippen molar-refractivity contribution in [2.75, 3.05) is 6.26 Å². The van der Waals surface area contributed by atoms with Crippen molar-refractivity contribution < 1.29 is 0 Å². The molecule has 104 valence electrons. The Labute approximate surface area is 128 Å². The third-order valence-corrected chi connectivity index (χ3v) is 5.04. The standard InChI is InChI=1S/C16H18N2S2/c1-10-7-8-11(2)14(9-10)20-13-6-4-5-12(19-3)15(13)16(17)18/h4-9H,1-3H3,(H3,17,18). The minimum atomic E-state index is 0.128. The number of amidine groups is 1. The zero-order valence-electron chi connectivity index (χ0n) is 11.9. The van der Waals surface area contributed by atoms with Crippen LogP contribution in [0.2, 0.25) is 0 Å². The van der Waals surface area contributed by atoms with Crippen molar-refractivity contribution in [3.63, 3.8) is 0 Å². The maximum Gasteiger partial charge on any atom is 0.125 e. The van der Waals surface area contributed by atoms with Crippen LogP contribution in [-0.2, 0) is 0 Å². The molecule has 0 bridgehead atoms. The van der Waals surface area contributed by atoms with Gasteiger partial charge in [0.2, 0.25) is 0 Å². The molecule has 0 radical (unpaired) electrons. The van der Waals surface area contributed by atoms with Gasteiger partial charge in [-0.3, -0.25) is 5.41 Å². The molecule has 2 aromatic carbocycles. The van der Waals surface area contributed by atoms with E-state index in [9.17, 15) is 0 Å². The highest BCUT2D eigenvalue weighted by Crippen LogP contribution is 2.36. The van der Waals surface area contributed by atoms with Gasteiger partial charge >= 0.3 is 0 Å². The normalized spacial score (nSPS) is 10.6. The number of aryl methyl sites for hydroxylation is 2. The van der Waals surface area contributed by atoms with Gasteiger partial charge in [0.05, 0.1) is 0 Å². The van der Waals surface area contributed by atoms with Crippen molar-refractivity contribution >= 4 is 29.4 Å². The number of benzene rings is 2. The molecule has 2 nitrogen and oxygen atoms in total. The average Bonchev–Trinajstić information content (AvgIpc) is 2.42. The van der Waals surface area contributed by atoms with E-state index >= 15 is 0 Å². The van der Waals surface area contributed by atoms with Crippen LogP contribution in [0.5, 0.6) is 0 Å². The third kappa shape index (κ3) is 3.19. The van der Waals surface area contributed by atoms with Gasteiger partial charge in [-0.25, -0.2) is 0 Å². The Bertz CT molecular complexity index is 651. The topological polar surface area (TPSA) is 49.9 Å². The van der Waals surface area contributed by atoms with Gasteiger partial charge in [-0.05, 0) is 49.4 Å². The molecule has 0 unspecified atom stereocenters. The molecule has 0 aliphatic carbocycles. The first-order chi connectivity index (χ1) is 9.52. The van der Waals surface area contributed by atoms with E-state index in [1.54, 1.807) is 23.5 Å². The van der Waals surface area contributed by atoms with Gasteiger partial charge < -0.3 is 5.73 Å². The number of hydrogen-bond donors (Lipinski definition) is 2. The maximum absolute atomic E-state index is 7.83. The molecular formula is C16H18N2S2. The zero-order chi connectivity index (χ0) is 14.7. The lowest BCUT2D eigenvalue weighted by atomic mass is 10.2. The molecule has 0 fully saturated rings. The van der Waals surface area contributed by atoms with Gasteiger partial charge in [0, 0.05) is 20.2 Å². The molecule has 0 amide bonds. The van der Waals surface area contributed by atoms with E-state index in [-0.39, 0.29) is 5.84 Å². The van der Waals surface area contributed by atoms with Crippen molar-refractivity contribution in [1.29, 1.82) is 5.41 Å². The highest BCUT2D eigenvalue weighted by Gasteiger charge is 2.12. The van der Waals surface area contributed by atoms with Crippen molar-refractivity contribution in [1.82, 2.24) is 0 Å². The number of nitrogens with two attached hydrogens (primary N) is 1. The van der Waals surface area contributed by atoms with Gasteiger partial charge in [0.15, 0.2) is 0 Å². The SMILES string of the molecule is CSc1cccc(Sc2cc(C)ccc2C)c1C(=N)N. The summed E-state index contributed by atoms with van der Waals surface area (Å²) in [6.45, 7) is 4.20. The monoisotopic (exact) mass is 302 g/mol. The fourth-order valence-electron chi connectivity index (χ4n) is 1.97. The molecule has 0 atom stereocenters. The Hall–Kier alpha value is -1.39. The minimum Gasteiger partial charge on any atom is -0.384 e. The third-order valence-electron chi connectivity index (χ3n) is 3.04. The first-order valence-corrected chi connectivity index (χ1v) is 8.33. The van der Waals surface area contributed by atoms with Crippen molar-refractivity contribution in [3.8, 4) is 0 Å². The number of nitrogens with one attached hydrogen (secondary N) is 1. The molecule has 0 aliphatic rings. The number of hydrogen-bond acceptors (Lipinski definition) is 3. The van der Waals surface area contributed by atoms with Crippen LogP contribution >= 0.6 is 23.5 Å². The van der Waals surface area contributed by atoms with Crippen LogP contribution in [0, 0.1) is 19.3 Å². The molecule has 2 aromatic rings. The molecule has 2 rings (SSSR count). The highest BCUT2D eigenvalue weighted by molar-refractivity contribution is 8.00. The molecule has 20 heavy (non-hydrogen) atoms. The van der Waals surface area contributed by atoms with Crippen LogP contribution in [0.25, 0.3) is 0 Å². The van der Waals surface area contributed by atoms with E-state index < -0.39 is 0 Å². The summed E-state index contributed by atoms with van der Waals surface area (Å²) in [5.74, 6) is 0.128. The van der Waals surface area contributed by atoms with Crippen LogP contribution in [0.3, 0.4) is 0 Å². The average molecular weight is 302 g/mol. The molecule has 0 aliphatic heterocycles. The minimum absolute atomic E-state index is 0.128. The predicted molar refractivity (Wildman–Crippen MR) is 89.3 cm³/mol. The number of thioether (sulfide) groups is 1. The van der Waals surface area contributed by atoms with E-state index in [4.69, 9.17) is 11.1 Å². The summed E-state index contributed by atoms with van der Waals surface area (Å²) >= 11 is 3.30. The van der Waals surface area contributed by atoms with E-state index in [0.29, 0.717) is 0 Å². The van der Waals surface area contributed by atoms with Crippen molar-refractivity contribution in [2.24, 2.45) is 5.73 Å². The van der Waals surface area contributed by atoms with Crippen LogP contribution < -0.4 is 5.73 Å². The Morgan fingerprint density at radius 2 is 1.75 bits per heavy atom. The smallest absolute Gasteiger partial charge is 0.125 e. The summed E-state index contributed by atoms with van der Waals surface area (Å²) in [4.78, 5) is 3.30. The van der Waals surface area contributed by atoms with Crippen LogP contribution in [0.4, 0.5) is 0 Å². The lowest BCUT2D eigenvalue weighted by molar-refractivity contribution is 1.22. The Morgan fingerprint density at radius 1 is 1.05 bits per heavy atom. The quantitative estimate of drug-likeness (QED) is 0.498. The van der Waals surface area contributed by atoms with E-state index in [0.717, 1.165) is 15.4 Å².